The van der Waals surface area contributed by atoms with Crippen LogP contribution < -0.4 is 5.32 Å². The Bertz CT molecular complexity index is 1310. The zero-order valence-electron chi connectivity index (χ0n) is 22.1. The summed E-state index contributed by atoms with van der Waals surface area (Å²) in [6, 6.07) is 5.57. The Morgan fingerprint density at radius 1 is 1.21 bits per heavy atom. The van der Waals surface area contributed by atoms with Crippen molar-refractivity contribution in [2.24, 2.45) is 0 Å². The molecule has 8 nitrogen and oxygen atoms in total. The van der Waals surface area contributed by atoms with E-state index in [-0.39, 0.29) is 29.9 Å². The largest absolute Gasteiger partial charge is 0.389 e. The van der Waals surface area contributed by atoms with Gasteiger partial charge in [-0.2, -0.15) is 0 Å². The number of halogens is 1. The molecule has 2 N–H and O–H groups in total. The summed E-state index contributed by atoms with van der Waals surface area (Å²) >= 11 is 0. The van der Waals surface area contributed by atoms with Gasteiger partial charge < -0.3 is 19.9 Å². The number of benzene rings is 1. The highest BCUT2D eigenvalue weighted by atomic mass is 19.1. The van der Waals surface area contributed by atoms with Crippen molar-refractivity contribution in [2.75, 3.05) is 38.2 Å². The van der Waals surface area contributed by atoms with Crippen LogP contribution in [-0.2, 0) is 16.0 Å². The number of rotatable bonds is 6. The fourth-order valence-corrected chi connectivity index (χ4v) is 6.29. The number of likely N-dealkylation sites (tertiary alicyclic amines) is 1. The molecule has 9 heteroatoms. The molecule has 3 atom stereocenters. The second-order valence-electron chi connectivity index (χ2n) is 11.3. The Morgan fingerprint density at radius 3 is 2.89 bits per heavy atom. The number of ether oxygens (including phenoxy) is 2. The second kappa shape index (κ2) is 10.4. The molecule has 0 amide bonds. The van der Waals surface area contributed by atoms with Crippen LogP contribution in [0.2, 0.25) is 0 Å². The number of hydrogen-bond acceptors (Lipinski definition) is 8. The number of pyridine rings is 1. The molecule has 3 saturated heterocycles. The molecule has 6 rings (SSSR count). The third-order valence-electron chi connectivity index (χ3n) is 8.20. The molecule has 3 fully saturated rings. The first-order chi connectivity index (χ1) is 18.4. The molecule has 202 valence electrons. The summed E-state index contributed by atoms with van der Waals surface area (Å²) < 4.78 is 26.4. The molecule has 38 heavy (non-hydrogen) atoms. The van der Waals surface area contributed by atoms with Crippen molar-refractivity contribution in [3.8, 4) is 11.3 Å². The van der Waals surface area contributed by atoms with Gasteiger partial charge in [0.05, 0.1) is 36.1 Å². The van der Waals surface area contributed by atoms with Gasteiger partial charge in [0.1, 0.15) is 5.69 Å². The van der Waals surface area contributed by atoms with Crippen LogP contribution in [0.4, 0.5) is 10.3 Å². The third-order valence-corrected chi connectivity index (χ3v) is 8.20. The molecule has 3 aliphatic rings. The van der Waals surface area contributed by atoms with Crippen LogP contribution in [-0.4, -0.2) is 75.6 Å². The number of nitrogens with zero attached hydrogens (tertiary/aromatic N) is 4. The summed E-state index contributed by atoms with van der Waals surface area (Å²) in [6.45, 7) is 8.89. The lowest BCUT2D eigenvalue weighted by Gasteiger charge is -2.28. The predicted molar refractivity (Wildman–Crippen MR) is 143 cm³/mol. The van der Waals surface area contributed by atoms with E-state index < -0.39 is 11.9 Å². The quantitative estimate of drug-likeness (QED) is 0.497. The highest BCUT2D eigenvalue weighted by molar-refractivity contribution is 5.88. The highest BCUT2D eigenvalue weighted by Gasteiger charge is 2.41. The van der Waals surface area contributed by atoms with Gasteiger partial charge in [0, 0.05) is 50.0 Å². The van der Waals surface area contributed by atoms with Crippen LogP contribution in [0.15, 0.2) is 30.6 Å². The van der Waals surface area contributed by atoms with Gasteiger partial charge in [0.25, 0.3) is 0 Å². The minimum Gasteiger partial charge on any atom is -0.389 e. The van der Waals surface area contributed by atoms with Gasteiger partial charge in [0.2, 0.25) is 5.95 Å². The van der Waals surface area contributed by atoms with Crippen LogP contribution in [0.25, 0.3) is 22.2 Å². The summed E-state index contributed by atoms with van der Waals surface area (Å²) in [4.78, 5) is 15.9. The van der Waals surface area contributed by atoms with Crippen LogP contribution in [0, 0.1) is 5.82 Å². The molecular formula is C29H36FN5O3. The van der Waals surface area contributed by atoms with Crippen LogP contribution >= 0.6 is 0 Å². The maximum atomic E-state index is 15.0. The van der Waals surface area contributed by atoms with Crippen LogP contribution in [0.1, 0.15) is 56.6 Å². The highest BCUT2D eigenvalue weighted by Crippen LogP contribution is 2.37. The first-order valence-electron chi connectivity index (χ1n) is 13.7. The normalized spacial score (nSPS) is 26.1. The first kappa shape index (κ1) is 25.6. The second-order valence-corrected chi connectivity index (χ2v) is 11.3. The number of hydrogen-bond donors (Lipinski definition) is 2. The molecule has 0 radical (unpaired) electrons. The molecule has 3 aromatic rings. The number of aliphatic hydroxyl groups excluding tert-OH is 1. The molecule has 1 spiro atoms. The van der Waals surface area contributed by atoms with Crippen molar-refractivity contribution in [3.63, 3.8) is 0 Å². The van der Waals surface area contributed by atoms with E-state index in [0.717, 1.165) is 56.4 Å². The summed E-state index contributed by atoms with van der Waals surface area (Å²) in [6.07, 6.45) is 6.54. The lowest BCUT2D eigenvalue weighted by atomic mass is 9.92. The summed E-state index contributed by atoms with van der Waals surface area (Å²) in [5.74, 6) is 0.0737. The standard InChI is InChI=1S/C29H36FN5O3/c1-18(2)26-20(15-35-9-8-29(17-35)7-3-10-38-29)13-31-23-5-4-19(12-21(23)26)27-22(30)14-32-28(34-27)33-24-6-11-37-16-25(24)36/h4-5,12-14,18,24-25,36H,3,6-11,15-17H2,1-2H3,(H,32,33,34)/t24-,25-,29-/m1/s1. The Balaban J connectivity index is 1.31. The number of aromatic nitrogens is 3. The molecule has 0 aliphatic carbocycles. The Labute approximate surface area is 222 Å². The van der Waals surface area contributed by atoms with Gasteiger partial charge in [0.15, 0.2) is 5.82 Å². The Kier molecular flexibility index (Phi) is 7.03. The van der Waals surface area contributed by atoms with E-state index in [2.05, 4.69) is 34.0 Å². The summed E-state index contributed by atoms with van der Waals surface area (Å²) in [5.41, 5.74) is 4.27. The van der Waals surface area contributed by atoms with Gasteiger partial charge >= 0.3 is 0 Å². The van der Waals surface area contributed by atoms with E-state index in [1.54, 1.807) is 0 Å². The summed E-state index contributed by atoms with van der Waals surface area (Å²) in [7, 11) is 0. The fraction of sp³-hybridized carbons (Fsp3) is 0.552. The average molecular weight is 522 g/mol. The van der Waals surface area contributed by atoms with Gasteiger partial charge in [-0.05, 0) is 54.9 Å². The Morgan fingerprint density at radius 2 is 2.11 bits per heavy atom. The van der Waals surface area contributed by atoms with Crippen molar-refractivity contribution in [1.29, 1.82) is 0 Å². The molecule has 2 aromatic heterocycles. The number of nitrogens with one attached hydrogen (secondary N) is 1. The molecule has 0 unspecified atom stereocenters. The maximum Gasteiger partial charge on any atom is 0.223 e. The van der Waals surface area contributed by atoms with Gasteiger partial charge in [-0.3, -0.25) is 9.88 Å². The van der Waals surface area contributed by atoms with Crippen molar-refractivity contribution in [2.45, 2.75) is 69.7 Å². The minimum atomic E-state index is -0.662. The molecular weight excluding hydrogens is 485 g/mol. The number of aliphatic hydroxyl groups is 1. The zero-order chi connectivity index (χ0) is 26.3. The van der Waals surface area contributed by atoms with Crippen LogP contribution in [0.3, 0.4) is 0 Å². The van der Waals surface area contributed by atoms with Crippen molar-refractivity contribution >= 4 is 16.9 Å². The molecule has 0 bridgehead atoms. The lowest BCUT2D eigenvalue weighted by molar-refractivity contribution is -0.0136. The monoisotopic (exact) mass is 521 g/mol. The van der Waals surface area contributed by atoms with E-state index in [0.29, 0.717) is 24.5 Å². The van der Waals surface area contributed by atoms with Gasteiger partial charge in [-0.15, -0.1) is 0 Å². The van der Waals surface area contributed by atoms with Crippen LogP contribution in [0.5, 0.6) is 0 Å². The van der Waals surface area contributed by atoms with Gasteiger partial charge in [-0.1, -0.05) is 19.9 Å². The first-order valence-corrected chi connectivity index (χ1v) is 13.7. The Hall–Kier alpha value is -2.72. The lowest BCUT2D eigenvalue weighted by Crippen LogP contribution is -2.42. The van der Waals surface area contributed by atoms with E-state index in [1.165, 1.54) is 17.3 Å². The van der Waals surface area contributed by atoms with Gasteiger partial charge in [-0.25, -0.2) is 14.4 Å². The van der Waals surface area contributed by atoms with E-state index >= 15 is 4.39 Å². The van der Waals surface area contributed by atoms with Crippen molar-refractivity contribution < 1.29 is 19.0 Å². The SMILES string of the molecule is CC(C)c1c(CN2CC[C@]3(CCCO3)C2)cnc2ccc(-c3nc(N[C@@H]4CCOC[C@H]4O)ncc3F)cc12. The molecule has 1 aromatic carbocycles. The molecule has 0 saturated carbocycles. The minimum absolute atomic E-state index is 0.0341. The number of fused-ring (bicyclic) bond motifs is 1. The average Bonchev–Trinajstić information content (AvgIpc) is 3.54. The van der Waals surface area contributed by atoms with Crippen molar-refractivity contribution in [3.05, 3.63) is 47.5 Å². The zero-order valence-corrected chi connectivity index (χ0v) is 22.1. The van der Waals surface area contributed by atoms with E-state index in [1.807, 2.05) is 24.4 Å². The van der Waals surface area contributed by atoms with E-state index in [4.69, 9.17) is 14.5 Å². The maximum absolute atomic E-state index is 15.0. The topological polar surface area (TPSA) is 92.6 Å². The fourth-order valence-electron chi connectivity index (χ4n) is 6.29. The third kappa shape index (κ3) is 5.00. The molecule has 5 heterocycles. The van der Waals surface area contributed by atoms with Crippen molar-refractivity contribution in [1.82, 2.24) is 19.9 Å². The van der Waals surface area contributed by atoms with E-state index in [9.17, 15) is 5.11 Å². The smallest absolute Gasteiger partial charge is 0.223 e. The summed E-state index contributed by atoms with van der Waals surface area (Å²) in [5, 5.41) is 14.4. The number of anilines is 1. The predicted octanol–water partition coefficient (Wildman–Crippen LogP) is 4.27. The molecule has 3 aliphatic heterocycles.